The molecule has 0 aliphatic heterocycles. The van der Waals surface area contributed by atoms with Gasteiger partial charge in [0.05, 0.1) is 6.10 Å². The zero-order valence-electron chi connectivity index (χ0n) is 14.5. The summed E-state index contributed by atoms with van der Waals surface area (Å²) in [5.74, 6) is 4.62. The summed E-state index contributed by atoms with van der Waals surface area (Å²) in [4.78, 5) is 11.8. The average molecular weight is 328 g/mol. The van der Waals surface area contributed by atoms with Crippen LogP contribution < -0.4 is 0 Å². The van der Waals surface area contributed by atoms with E-state index in [9.17, 15) is 15.0 Å². The van der Waals surface area contributed by atoms with Crippen molar-refractivity contribution in [2.24, 2.45) is 29.1 Å². The van der Waals surface area contributed by atoms with Crippen molar-refractivity contribution in [3.05, 3.63) is 11.6 Å². The van der Waals surface area contributed by atoms with Crippen LogP contribution in [0.5, 0.6) is 0 Å². The molecule has 2 N–H and O–H groups in total. The highest BCUT2D eigenvalue weighted by Gasteiger charge is 2.64. The minimum absolute atomic E-state index is 0.167. The lowest BCUT2D eigenvalue weighted by Gasteiger charge is -2.56. The molecule has 3 saturated carbocycles. The number of rotatable bonds is 1. The number of ketones is 1. The van der Waals surface area contributed by atoms with Crippen LogP contribution in [0.25, 0.3) is 0 Å². The Morgan fingerprint density at radius 3 is 2.79 bits per heavy atom. The highest BCUT2D eigenvalue weighted by molar-refractivity contribution is 5.91. The smallest absolute Gasteiger partial charge is 0.155 e. The lowest BCUT2D eigenvalue weighted by molar-refractivity contribution is -0.119. The number of carbonyl (C=O) groups excluding carboxylic acids is 1. The van der Waals surface area contributed by atoms with Gasteiger partial charge in [0.25, 0.3) is 0 Å². The Hall–Kier alpha value is -1.11. The van der Waals surface area contributed by atoms with Gasteiger partial charge in [0.2, 0.25) is 0 Å². The zero-order chi connectivity index (χ0) is 17.1. The molecule has 0 aromatic rings. The van der Waals surface area contributed by atoms with Gasteiger partial charge in [0, 0.05) is 11.8 Å². The van der Waals surface area contributed by atoms with Gasteiger partial charge in [-0.05, 0) is 80.3 Å². The number of terminal acetylenes is 1. The van der Waals surface area contributed by atoms with Crippen molar-refractivity contribution in [1.82, 2.24) is 0 Å². The third-order valence-electron chi connectivity index (χ3n) is 8.07. The van der Waals surface area contributed by atoms with E-state index in [4.69, 9.17) is 6.42 Å². The van der Waals surface area contributed by atoms with Crippen molar-refractivity contribution in [2.45, 2.75) is 70.0 Å². The lowest BCUT2D eigenvalue weighted by atomic mass is 9.49. The number of carbonyl (C=O) groups is 1. The highest BCUT2D eigenvalue weighted by Crippen LogP contribution is 2.66. The molecule has 0 aromatic heterocycles. The van der Waals surface area contributed by atoms with Crippen LogP contribution in [0.3, 0.4) is 0 Å². The van der Waals surface area contributed by atoms with Crippen LogP contribution in [0, 0.1) is 41.4 Å². The number of hydrogen-bond donors (Lipinski definition) is 2. The van der Waals surface area contributed by atoms with E-state index >= 15 is 0 Å². The molecular formula is C21H28O3. The summed E-state index contributed by atoms with van der Waals surface area (Å²) in [6.45, 7) is 2.16. The van der Waals surface area contributed by atoms with Gasteiger partial charge in [-0.3, -0.25) is 4.79 Å². The fourth-order valence-corrected chi connectivity index (χ4v) is 6.96. The summed E-state index contributed by atoms with van der Waals surface area (Å²) in [7, 11) is 0. The second-order valence-electron chi connectivity index (χ2n) is 8.53. The summed E-state index contributed by atoms with van der Waals surface area (Å²) in [6, 6.07) is 0. The topological polar surface area (TPSA) is 57.5 Å². The molecule has 1 unspecified atom stereocenters. The maximum absolute atomic E-state index is 11.8. The predicted molar refractivity (Wildman–Crippen MR) is 91.9 cm³/mol. The SMILES string of the molecule is C#C[C@@]1(O)CC[C@H]2[C@@H]3C[C@H](O)C4=CC(=O)CCC4[C@H]3CC[C@]21CC. The second-order valence-corrected chi connectivity index (χ2v) is 8.53. The summed E-state index contributed by atoms with van der Waals surface area (Å²) in [5.41, 5.74) is -0.184. The first kappa shape index (κ1) is 16.4. The number of hydrogen-bond acceptors (Lipinski definition) is 3. The van der Waals surface area contributed by atoms with E-state index in [0.29, 0.717) is 36.5 Å². The van der Waals surface area contributed by atoms with Crippen LogP contribution in [0.4, 0.5) is 0 Å². The Balaban J connectivity index is 1.71. The molecule has 0 bridgehead atoms. The Morgan fingerprint density at radius 2 is 2.08 bits per heavy atom. The molecule has 24 heavy (non-hydrogen) atoms. The van der Waals surface area contributed by atoms with E-state index in [1.54, 1.807) is 6.08 Å². The Morgan fingerprint density at radius 1 is 1.29 bits per heavy atom. The van der Waals surface area contributed by atoms with Gasteiger partial charge in [-0.25, -0.2) is 0 Å². The van der Waals surface area contributed by atoms with E-state index in [0.717, 1.165) is 44.1 Å². The minimum Gasteiger partial charge on any atom is -0.389 e. The fourth-order valence-electron chi connectivity index (χ4n) is 6.96. The summed E-state index contributed by atoms with van der Waals surface area (Å²) in [5, 5.41) is 21.8. The van der Waals surface area contributed by atoms with E-state index in [1.807, 2.05) is 0 Å². The molecule has 4 aliphatic rings. The molecule has 7 atom stereocenters. The van der Waals surface area contributed by atoms with Gasteiger partial charge in [-0.1, -0.05) is 12.8 Å². The zero-order valence-corrected chi connectivity index (χ0v) is 14.5. The van der Waals surface area contributed by atoms with Crippen molar-refractivity contribution in [3.8, 4) is 12.3 Å². The first-order chi connectivity index (χ1) is 11.5. The first-order valence-electron chi connectivity index (χ1n) is 9.58. The number of aliphatic hydroxyl groups is 2. The molecule has 3 fully saturated rings. The maximum atomic E-state index is 11.8. The Labute approximate surface area is 144 Å². The second kappa shape index (κ2) is 5.44. The average Bonchev–Trinajstić information content (AvgIpc) is 2.89. The standard InChI is InChI=1S/C21H28O3/c1-3-20-9-7-15-14-6-5-13(22)11-17(14)19(23)12-16(15)18(20)8-10-21(20,24)4-2/h2,11,14-16,18-19,23-24H,3,5-10,12H2,1H3/t14?,15-,16-,18+,19+,20-,21-/m1/s1. The van der Waals surface area contributed by atoms with Crippen molar-refractivity contribution < 1.29 is 15.0 Å². The molecule has 3 heteroatoms. The highest BCUT2D eigenvalue weighted by atomic mass is 16.3. The van der Waals surface area contributed by atoms with Gasteiger partial charge in [0.15, 0.2) is 5.78 Å². The quantitative estimate of drug-likeness (QED) is 0.728. The van der Waals surface area contributed by atoms with Crippen LogP contribution in [-0.4, -0.2) is 27.7 Å². The van der Waals surface area contributed by atoms with E-state index in [-0.39, 0.29) is 11.2 Å². The molecular weight excluding hydrogens is 300 g/mol. The van der Waals surface area contributed by atoms with Crippen molar-refractivity contribution in [1.29, 1.82) is 0 Å². The largest absolute Gasteiger partial charge is 0.389 e. The predicted octanol–water partition coefficient (Wildman–Crippen LogP) is 2.85. The molecule has 4 aliphatic carbocycles. The molecule has 0 spiro atoms. The van der Waals surface area contributed by atoms with Crippen LogP contribution in [0.2, 0.25) is 0 Å². The molecule has 0 amide bonds. The van der Waals surface area contributed by atoms with Crippen molar-refractivity contribution >= 4 is 5.78 Å². The Kier molecular flexibility index (Phi) is 3.71. The molecule has 0 aromatic carbocycles. The summed E-state index contributed by atoms with van der Waals surface area (Å²) >= 11 is 0. The molecule has 3 nitrogen and oxygen atoms in total. The molecule has 0 radical (unpaired) electrons. The van der Waals surface area contributed by atoms with E-state index in [2.05, 4.69) is 12.8 Å². The monoisotopic (exact) mass is 328 g/mol. The fraction of sp³-hybridized carbons (Fsp3) is 0.762. The Bertz CT molecular complexity index is 629. The van der Waals surface area contributed by atoms with Gasteiger partial charge < -0.3 is 10.2 Å². The van der Waals surface area contributed by atoms with Crippen LogP contribution >= 0.6 is 0 Å². The van der Waals surface area contributed by atoms with Crippen molar-refractivity contribution in [3.63, 3.8) is 0 Å². The lowest BCUT2D eigenvalue weighted by Crippen LogP contribution is -2.55. The molecule has 130 valence electrons. The van der Waals surface area contributed by atoms with E-state index in [1.165, 1.54) is 0 Å². The number of aliphatic hydroxyl groups excluding tert-OH is 1. The maximum Gasteiger partial charge on any atom is 0.155 e. The summed E-state index contributed by atoms with van der Waals surface area (Å²) in [6.07, 6.45) is 13.8. The van der Waals surface area contributed by atoms with E-state index < -0.39 is 11.7 Å². The van der Waals surface area contributed by atoms with Crippen molar-refractivity contribution in [2.75, 3.05) is 0 Å². The molecule has 4 rings (SSSR count). The summed E-state index contributed by atoms with van der Waals surface area (Å²) < 4.78 is 0. The molecule has 0 saturated heterocycles. The third kappa shape index (κ3) is 1.96. The van der Waals surface area contributed by atoms with Gasteiger partial charge in [-0.15, -0.1) is 6.42 Å². The normalized spacial score (nSPS) is 50.3. The molecule has 0 heterocycles. The van der Waals surface area contributed by atoms with Gasteiger partial charge >= 0.3 is 0 Å². The third-order valence-corrected chi connectivity index (χ3v) is 8.07. The first-order valence-corrected chi connectivity index (χ1v) is 9.58. The number of fused-ring (bicyclic) bond motifs is 5. The van der Waals surface area contributed by atoms with Crippen LogP contribution in [0.15, 0.2) is 11.6 Å². The van der Waals surface area contributed by atoms with Gasteiger partial charge in [-0.2, -0.15) is 0 Å². The minimum atomic E-state index is -0.985. The van der Waals surface area contributed by atoms with Gasteiger partial charge in [0.1, 0.15) is 5.60 Å². The van der Waals surface area contributed by atoms with Crippen LogP contribution in [0.1, 0.15) is 58.3 Å². The van der Waals surface area contributed by atoms with Crippen LogP contribution in [-0.2, 0) is 4.79 Å².